The first-order chi connectivity index (χ1) is 10.7. The van der Waals surface area contributed by atoms with Crippen LogP contribution in [0.2, 0.25) is 0 Å². The maximum absolute atomic E-state index is 12.1. The van der Waals surface area contributed by atoms with Crippen molar-refractivity contribution in [3.8, 4) is 0 Å². The summed E-state index contributed by atoms with van der Waals surface area (Å²) in [5.41, 5.74) is 1.81. The minimum atomic E-state index is -0.0793. The van der Waals surface area contributed by atoms with Crippen LogP contribution in [0.25, 0.3) is 17.0 Å². The summed E-state index contributed by atoms with van der Waals surface area (Å²) in [4.78, 5) is 17.8. The predicted octanol–water partition coefficient (Wildman–Crippen LogP) is 3.50. The lowest BCUT2D eigenvalue weighted by Gasteiger charge is -2.14. The van der Waals surface area contributed by atoms with Crippen LogP contribution in [0.4, 0.5) is 0 Å². The number of amides is 1. The fraction of sp³-hybridized carbons (Fsp3) is 0.111. The minimum absolute atomic E-state index is 0.0793. The van der Waals surface area contributed by atoms with Crippen LogP contribution in [0.1, 0.15) is 11.3 Å². The van der Waals surface area contributed by atoms with E-state index >= 15 is 0 Å². The van der Waals surface area contributed by atoms with Gasteiger partial charge in [-0.1, -0.05) is 24.3 Å². The molecule has 110 valence electrons. The van der Waals surface area contributed by atoms with Gasteiger partial charge in [-0.25, -0.2) is 0 Å². The number of para-hydroxylation sites is 1. The monoisotopic (exact) mass is 292 g/mol. The molecule has 0 aliphatic rings. The molecule has 0 atom stereocenters. The molecule has 22 heavy (non-hydrogen) atoms. The largest absolute Gasteiger partial charge is 0.457 e. The van der Waals surface area contributed by atoms with Gasteiger partial charge < -0.3 is 9.32 Å². The van der Waals surface area contributed by atoms with Gasteiger partial charge in [-0.2, -0.15) is 0 Å². The maximum atomic E-state index is 12.1. The Kier molecular flexibility index (Phi) is 4.01. The number of fused-ring (bicyclic) bond motifs is 1. The summed E-state index contributed by atoms with van der Waals surface area (Å²) in [7, 11) is 1.76. The molecular weight excluding hydrogens is 276 g/mol. The van der Waals surface area contributed by atoms with Crippen molar-refractivity contribution in [3.05, 3.63) is 72.3 Å². The third kappa shape index (κ3) is 3.23. The zero-order valence-electron chi connectivity index (χ0n) is 12.3. The van der Waals surface area contributed by atoms with Crippen molar-refractivity contribution in [1.82, 2.24) is 9.88 Å². The molecular formula is C18H16N2O2. The van der Waals surface area contributed by atoms with Crippen LogP contribution in [0.15, 0.2) is 65.4 Å². The van der Waals surface area contributed by atoms with Gasteiger partial charge in [-0.3, -0.25) is 9.78 Å². The zero-order chi connectivity index (χ0) is 15.4. The number of pyridine rings is 1. The van der Waals surface area contributed by atoms with Crippen molar-refractivity contribution < 1.29 is 9.21 Å². The highest BCUT2D eigenvalue weighted by Gasteiger charge is 2.06. The molecule has 2 aromatic heterocycles. The van der Waals surface area contributed by atoms with E-state index in [9.17, 15) is 4.79 Å². The quantitative estimate of drug-likeness (QED) is 0.691. The Morgan fingerprint density at radius 1 is 1.27 bits per heavy atom. The molecule has 3 aromatic rings. The molecule has 0 aliphatic heterocycles. The Morgan fingerprint density at radius 3 is 2.91 bits per heavy atom. The molecule has 0 saturated heterocycles. The van der Waals surface area contributed by atoms with E-state index in [4.69, 9.17) is 4.42 Å². The van der Waals surface area contributed by atoms with E-state index in [0.29, 0.717) is 12.3 Å². The van der Waals surface area contributed by atoms with Gasteiger partial charge in [0.25, 0.3) is 0 Å². The lowest BCUT2D eigenvalue weighted by molar-refractivity contribution is -0.125. The lowest BCUT2D eigenvalue weighted by atomic mass is 10.2. The first kappa shape index (κ1) is 14.1. The van der Waals surface area contributed by atoms with Gasteiger partial charge in [0.15, 0.2) is 0 Å². The van der Waals surface area contributed by atoms with E-state index in [0.717, 1.165) is 16.5 Å². The maximum Gasteiger partial charge on any atom is 0.246 e. The van der Waals surface area contributed by atoms with Crippen LogP contribution in [-0.2, 0) is 11.3 Å². The average Bonchev–Trinajstić information content (AvgIpc) is 2.96. The Hall–Kier alpha value is -2.88. The second kappa shape index (κ2) is 6.26. The second-order valence-corrected chi connectivity index (χ2v) is 5.08. The number of carbonyl (C=O) groups is 1. The molecule has 1 amide bonds. The summed E-state index contributed by atoms with van der Waals surface area (Å²) in [6, 6.07) is 13.5. The summed E-state index contributed by atoms with van der Waals surface area (Å²) in [5, 5.41) is 1.03. The van der Waals surface area contributed by atoms with Crippen LogP contribution >= 0.6 is 0 Å². The average molecular weight is 292 g/mol. The Balaban J connectivity index is 1.67. The molecule has 4 heteroatoms. The number of rotatable bonds is 4. The number of nitrogens with zero attached hydrogens (tertiary/aromatic N) is 2. The summed E-state index contributed by atoms with van der Waals surface area (Å²) in [6.07, 6.45) is 6.69. The number of furan rings is 1. The van der Waals surface area contributed by atoms with Crippen molar-refractivity contribution >= 4 is 23.0 Å². The van der Waals surface area contributed by atoms with Crippen LogP contribution < -0.4 is 0 Å². The predicted molar refractivity (Wildman–Crippen MR) is 86.0 cm³/mol. The van der Waals surface area contributed by atoms with E-state index in [-0.39, 0.29) is 5.91 Å². The van der Waals surface area contributed by atoms with Crippen molar-refractivity contribution in [2.45, 2.75) is 6.54 Å². The third-order valence-corrected chi connectivity index (χ3v) is 3.35. The standard InChI is InChI=1S/C18H16N2O2/c1-20(13-14-5-4-10-19-12-14)18(21)9-8-16-11-15-6-2-3-7-17(15)22-16/h2-12H,13H2,1H3. The second-order valence-electron chi connectivity index (χ2n) is 5.08. The molecule has 0 N–H and O–H groups in total. The molecule has 0 aliphatic carbocycles. The molecule has 0 fully saturated rings. The number of hydrogen-bond donors (Lipinski definition) is 0. The molecule has 0 unspecified atom stereocenters. The highest BCUT2D eigenvalue weighted by atomic mass is 16.3. The number of likely N-dealkylation sites (N-methyl/N-ethyl adjacent to an activating group) is 1. The van der Waals surface area contributed by atoms with Gasteiger partial charge in [0, 0.05) is 37.4 Å². The summed E-state index contributed by atoms with van der Waals surface area (Å²) in [6.45, 7) is 0.525. The lowest BCUT2D eigenvalue weighted by Crippen LogP contribution is -2.24. The van der Waals surface area contributed by atoms with E-state index in [1.54, 1.807) is 30.4 Å². The highest BCUT2D eigenvalue weighted by Crippen LogP contribution is 2.19. The molecule has 3 rings (SSSR count). The zero-order valence-corrected chi connectivity index (χ0v) is 12.3. The van der Waals surface area contributed by atoms with Crippen molar-refractivity contribution in [1.29, 1.82) is 0 Å². The minimum Gasteiger partial charge on any atom is -0.457 e. The number of benzene rings is 1. The van der Waals surface area contributed by atoms with Crippen molar-refractivity contribution in [3.63, 3.8) is 0 Å². The van der Waals surface area contributed by atoms with Gasteiger partial charge >= 0.3 is 0 Å². The molecule has 0 radical (unpaired) electrons. The van der Waals surface area contributed by atoms with E-state index in [2.05, 4.69) is 4.98 Å². The van der Waals surface area contributed by atoms with Crippen molar-refractivity contribution in [2.75, 3.05) is 7.05 Å². The molecule has 0 spiro atoms. The summed E-state index contributed by atoms with van der Waals surface area (Å²) < 4.78 is 5.65. The number of hydrogen-bond acceptors (Lipinski definition) is 3. The highest BCUT2D eigenvalue weighted by molar-refractivity contribution is 5.92. The molecule has 0 saturated carbocycles. The van der Waals surface area contributed by atoms with E-state index < -0.39 is 0 Å². The Morgan fingerprint density at radius 2 is 2.14 bits per heavy atom. The summed E-state index contributed by atoms with van der Waals surface area (Å²) in [5.74, 6) is 0.591. The van der Waals surface area contributed by atoms with E-state index in [1.807, 2.05) is 42.5 Å². The van der Waals surface area contributed by atoms with Gasteiger partial charge in [-0.05, 0) is 29.8 Å². The molecule has 0 bridgehead atoms. The fourth-order valence-corrected chi connectivity index (χ4v) is 2.21. The topological polar surface area (TPSA) is 46.3 Å². The fourth-order valence-electron chi connectivity index (χ4n) is 2.21. The first-order valence-electron chi connectivity index (χ1n) is 7.03. The van der Waals surface area contributed by atoms with Crippen molar-refractivity contribution in [2.24, 2.45) is 0 Å². The van der Waals surface area contributed by atoms with Gasteiger partial charge in [0.2, 0.25) is 5.91 Å². The molecule has 2 heterocycles. The van der Waals surface area contributed by atoms with Gasteiger partial charge in [-0.15, -0.1) is 0 Å². The normalized spacial score (nSPS) is 11.1. The van der Waals surface area contributed by atoms with E-state index in [1.165, 1.54) is 6.08 Å². The Labute approximate surface area is 128 Å². The molecule has 4 nitrogen and oxygen atoms in total. The van der Waals surface area contributed by atoms with Gasteiger partial charge in [0.05, 0.1) is 0 Å². The first-order valence-corrected chi connectivity index (χ1v) is 7.03. The Bertz CT molecular complexity index is 773. The SMILES string of the molecule is CN(Cc1cccnc1)C(=O)C=Cc1cc2ccccc2o1. The van der Waals surface area contributed by atoms with Crippen LogP contribution in [0.5, 0.6) is 0 Å². The molecule has 1 aromatic carbocycles. The van der Waals surface area contributed by atoms with Crippen LogP contribution in [0.3, 0.4) is 0 Å². The van der Waals surface area contributed by atoms with Crippen LogP contribution in [0, 0.1) is 0 Å². The van der Waals surface area contributed by atoms with Crippen LogP contribution in [-0.4, -0.2) is 22.8 Å². The smallest absolute Gasteiger partial charge is 0.246 e. The van der Waals surface area contributed by atoms with Gasteiger partial charge in [0.1, 0.15) is 11.3 Å². The third-order valence-electron chi connectivity index (χ3n) is 3.35. The summed E-state index contributed by atoms with van der Waals surface area (Å²) >= 11 is 0. The number of aromatic nitrogens is 1. The number of carbonyl (C=O) groups excluding carboxylic acids is 1.